The van der Waals surface area contributed by atoms with Gasteiger partial charge in [-0.25, -0.2) is 0 Å². The molecule has 0 aliphatic heterocycles. The minimum atomic E-state index is 0.00551. The molecule has 0 radical (unpaired) electrons. The molecule has 0 aliphatic rings. The van der Waals surface area contributed by atoms with Crippen LogP contribution in [0.5, 0.6) is 0 Å². The molecule has 0 atom stereocenters. The Kier molecular flexibility index (Phi) is 8.67. The van der Waals surface area contributed by atoms with E-state index in [9.17, 15) is 4.79 Å². The molecule has 0 aromatic rings. The number of rotatable bonds is 7. The maximum atomic E-state index is 10.9. The number of nitrogens with one attached hydrogen (secondary N) is 2. The predicted octanol–water partition coefficient (Wildman–Crippen LogP) is 1.07. The van der Waals surface area contributed by atoms with E-state index < -0.39 is 0 Å². The molecule has 0 heterocycles. The maximum absolute atomic E-state index is 10.9. The summed E-state index contributed by atoms with van der Waals surface area (Å²) >= 11 is 0. The van der Waals surface area contributed by atoms with Crippen LogP contribution in [0.4, 0.5) is 0 Å². The van der Waals surface area contributed by atoms with Crippen molar-refractivity contribution in [1.82, 2.24) is 10.6 Å². The van der Waals surface area contributed by atoms with Crippen LogP contribution in [0.2, 0.25) is 0 Å². The Morgan fingerprint density at radius 2 is 2.00 bits per heavy atom. The second-order valence-electron chi connectivity index (χ2n) is 2.85. The average molecular weight is 184 g/mol. The van der Waals surface area contributed by atoms with Crippen molar-refractivity contribution in [3.63, 3.8) is 0 Å². The van der Waals surface area contributed by atoms with Crippen molar-refractivity contribution in [2.24, 2.45) is 0 Å². The third kappa shape index (κ3) is 9.08. The maximum Gasteiger partial charge on any atom is 0.243 e. The third-order valence-corrected chi connectivity index (χ3v) is 1.65. The van der Waals surface area contributed by atoms with Gasteiger partial charge >= 0.3 is 0 Å². The standard InChI is InChI=1S/C10H20N2O/c1-3-7-10(13)12-9-6-5-8-11-4-2/h3,7,11H,4-6,8-9H2,1-2H3,(H,12,13). The normalized spacial score (nSPS) is 10.6. The Balaban J connectivity index is 3.11. The van der Waals surface area contributed by atoms with E-state index in [1.54, 1.807) is 12.2 Å². The Labute approximate surface area is 80.6 Å². The zero-order valence-electron chi connectivity index (χ0n) is 8.60. The van der Waals surface area contributed by atoms with Crippen LogP contribution in [-0.2, 0) is 4.79 Å². The lowest BCUT2D eigenvalue weighted by molar-refractivity contribution is -0.116. The summed E-state index contributed by atoms with van der Waals surface area (Å²) in [6.45, 7) is 6.76. The molecule has 2 N–H and O–H groups in total. The van der Waals surface area contributed by atoms with Gasteiger partial charge in [0.2, 0.25) is 5.91 Å². The monoisotopic (exact) mass is 184 g/mol. The molecule has 0 spiro atoms. The predicted molar refractivity (Wildman–Crippen MR) is 55.6 cm³/mol. The summed E-state index contributed by atoms with van der Waals surface area (Å²) in [6.07, 6.45) is 5.44. The van der Waals surface area contributed by atoms with Crippen LogP contribution in [0.3, 0.4) is 0 Å². The molecule has 3 nitrogen and oxygen atoms in total. The van der Waals surface area contributed by atoms with Crippen molar-refractivity contribution in [1.29, 1.82) is 0 Å². The van der Waals surface area contributed by atoms with Gasteiger partial charge in [-0.2, -0.15) is 0 Å². The smallest absolute Gasteiger partial charge is 0.243 e. The first-order chi connectivity index (χ1) is 6.31. The molecule has 0 aliphatic carbocycles. The molecule has 0 unspecified atom stereocenters. The first-order valence-corrected chi connectivity index (χ1v) is 4.92. The molecule has 0 fully saturated rings. The van der Waals surface area contributed by atoms with Crippen LogP contribution in [0.25, 0.3) is 0 Å². The van der Waals surface area contributed by atoms with Crippen LogP contribution in [0, 0.1) is 0 Å². The van der Waals surface area contributed by atoms with Crippen molar-refractivity contribution >= 4 is 5.91 Å². The van der Waals surface area contributed by atoms with Crippen molar-refractivity contribution in [2.75, 3.05) is 19.6 Å². The van der Waals surface area contributed by atoms with Crippen LogP contribution in [0.1, 0.15) is 26.7 Å². The molecule has 0 rings (SSSR count). The number of allylic oxidation sites excluding steroid dienone is 1. The first kappa shape index (κ1) is 12.2. The third-order valence-electron chi connectivity index (χ3n) is 1.65. The Morgan fingerprint density at radius 3 is 2.62 bits per heavy atom. The van der Waals surface area contributed by atoms with Gasteiger partial charge in [-0.05, 0) is 38.9 Å². The highest BCUT2D eigenvalue weighted by Gasteiger charge is 1.92. The lowest BCUT2D eigenvalue weighted by atomic mass is 10.3. The van der Waals surface area contributed by atoms with E-state index in [1.807, 2.05) is 6.92 Å². The van der Waals surface area contributed by atoms with Gasteiger partial charge in [-0.3, -0.25) is 4.79 Å². The molecule has 13 heavy (non-hydrogen) atoms. The van der Waals surface area contributed by atoms with Gasteiger partial charge in [-0.15, -0.1) is 0 Å². The lowest BCUT2D eigenvalue weighted by Gasteiger charge is -2.02. The second kappa shape index (κ2) is 9.26. The summed E-state index contributed by atoms with van der Waals surface area (Å²) in [5, 5.41) is 6.04. The highest BCUT2D eigenvalue weighted by atomic mass is 16.1. The van der Waals surface area contributed by atoms with Gasteiger partial charge in [0.1, 0.15) is 0 Å². The van der Waals surface area contributed by atoms with Crippen LogP contribution < -0.4 is 10.6 Å². The number of carbonyl (C=O) groups excluding carboxylic acids is 1. The van der Waals surface area contributed by atoms with E-state index in [4.69, 9.17) is 0 Å². The zero-order chi connectivity index (χ0) is 9.94. The Hall–Kier alpha value is -0.830. The minimum Gasteiger partial charge on any atom is -0.353 e. The molecule has 76 valence electrons. The number of hydrogen-bond donors (Lipinski definition) is 2. The number of carbonyl (C=O) groups is 1. The lowest BCUT2D eigenvalue weighted by Crippen LogP contribution is -2.23. The van der Waals surface area contributed by atoms with Gasteiger partial charge in [0.15, 0.2) is 0 Å². The van der Waals surface area contributed by atoms with Gasteiger partial charge in [0.25, 0.3) is 0 Å². The van der Waals surface area contributed by atoms with E-state index in [0.29, 0.717) is 0 Å². The highest BCUT2D eigenvalue weighted by Crippen LogP contribution is 1.84. The van der Waals surface area contributed by atoms with Gasteiger partial charge in [0.05, 0.1) is 0 Å². The highest BCUT2D eigenvalue weighted by molar-refractivity contribution is 5.87. The Bertz CT molecular complexity index is 155. The van der Waals surface area contributed by atoms with E-state index in [-0.39, 0.29) is 5.91 Å². The van der Waals surface area contributed by atoms with Crippen molar-refractivity contribution in [2.45, 2.75) is 26.7 Å². The molecule has 0 saturated carbocycles. The van der Waals surface area contributed by atoms with Gasteiger partial charge in [0, 0.05) is 6.54 Å². The van der Waals surface area contributed by atoms with Gasteiger partial charge in [-0.1, -0.05) is 13.0 Å². The Morgan fingerprint density at radius 1 is 1.31 bits per heavy atom. The largest absolute Gasteiger partial charge is 0.353 e. The van der Waals surface area contributed by atoms with E-state index in [1.165, 1.54) is 0 Å². The first-order valence-electron chi connectivity index (χ1n) is 4.92. The second-order valence-corrected chi connectivity index (χ2v) is 2.85. The molecule has 1 amide bonds. The van der Waals surface area contributed by atoms with Crippen LogP contribution >= 0.6 is 0 Å². The van der Waals surface area contributed by atoms with Crippen LogP contribution in [0.15, 0.2) is 12.2 Å². The SMILES string of the molecule is CC=CC(=O)NCCCCNCC. The molecule has 3 heteroatoms. The summed E-state index contributed by atoms with van der Waals surface area (Å²) in [7, 11) is 0. The summed E-state index contributed by atoms with van der Waals surface area (Å²) in [5.41, 5.74) is 0. The summed E-state index contributed by atoms with van der Waals surface area (Å²) < 4.78 is 0. The van der Waals surface area contributed by atoms with E-state index in [0.717, 1.165) is 32.5 Å². The molecule has 0 aromatic heterocycles. The molecular weight excluding hydrogens is 164 g/mol. The van der Waals surface area contributed by atoms with Crippen molar-refractivity contribution in [3.8, 4) is 0 Å². The summed E-state index contributed by atoms with van der Waals surface area (Å²) in [6, 6.07) is 0. The fourth-order valence-electron chi connectivity index (χ4n) is 0.974. The quantitative estimate of drug-likeness (QED) is 0.459. The molecule has 0 saturated heterocycles. The molecule has 0 aromatic carbocycles. The zero-order valence-corrected chi connectivity index (χ0v) is 8.60. The molecular formula is C10H20N2O. The fraction of sp³-hybridized carbons (Fsp3) is 0.700. The average Bonchev–Trinajstić information content (AvgIpc) is 2.11. The van der Waals surface area contributed by atoms with Crippen molar-refractivity contribution < 1.29 is 4.79 Å². The van der Waals surface area contributed by atoms with Crippen molar-refractivity contribution in [3.05, 3.63) is 12.2 Å². The summed E-state index contributed by atoms with van der Waals surface area (Å²) in [4.78, 5) is 10.9. The number of hydrogen-bond acceptors (Lipinski definition) is 2. The number of unbranched alkanes of at least 4 members (excludes halogenated alkanes) is 1. The van der Waals surface area contributed by atoms with E-state index >= 15 is 0 Å². The van der Waals surface area contributed by atoms with E-state index in [2.05, 4.69) is 17.6 Å². The van der Waals surface area contributed by atoms with Gasteiger partial charge < -0.3 is 10.6 Å². The molecule has 0 bridgehead atoms. The topological polar surface area (TPSA) is 41.1 Å². The summed E-state index contributed by atoms with van der Waals surface area (Å²) in [5.74, 6) is 0.00551. The number of amides is 1. The minimum absolute atomic E-state index is 0.00551. The fourth-order valence-corrected chi connectivity index (χ4v) is 0.974. The van der Waals surface area contributed by atoms with Crippen LogP contribution in [-0.4, -0.2) is 25.5 Å².